The van der Waals surface area contributed by atoms with E-state index < -0.39 is 0 Å². The van der Waals surface area contributed by atoms with Gasteiger partial charge in [0.15, 0.2) is 11.7 Å². The molecule has 0 spiro atoms. The number of anilines is 1. The molecular weight excluding hydrogens is 406 g/mol. The highest BCUT2D eigenvalue weighted by molar-refractivity contribution is 7.22. The first kappa shape index (κ1) is 23.1. The van der Waals surface area contributed by atoms with Crippen LogP contribution < -0.4 is 9.64 Å². The smallest absolute Gasteiger partial charge is 0.266 e. The summed E-state index contributed by atoms with van der Waals surface area (Å²) in [6.45, 7) is 5.62. The summed E-state index contributed by atoms with van der Waals surface area (Å²) in [5, 5.41) is 0.715. The van der Waals surface area contributed by atoms with Crippen LogP contribution in [-0.4, -0.2) is 49.6 Å². The number of ether oxygens (including phenoxy) is 1. The number of hydrogen-bond donors (Lipinski definition) is 0. The molecule has 5 nitrogen and oxygen atoms in total. The Hall–Kier alpha value is -2.15. The average Bonchev–Trinajstić information content (AvgIpc) is 3.10. The molecule has 7 heteroatoms. The van der Waals surface area contributed by atoms with Crippen LogP contribution >= 0.6 is 23.7 Å². The molecule has 0 aliphatic heterocycles. The second-order valence-electron chi connectivity index (χ2n) is 7.33. The van der Waals surface area contributed by atoms with E-state index in [2.05, 4.69) is 23.7 Å². The molecule has 29 heavy (non-hydrogen) atoms. The zero-order chi connectivity index (χ0) is 20.1. The van der Waals surface area contributed by atoms with Crippen molar-refractivity contribution < 1.29 is 9.53 Å². The van der Waals surface area contributed by atoms with E-state index >= 15 is 0 Å². The van der Waals surface area contributed by atoms with Gasteiger partial charge in [-0.3, -0.25) is 9.69 Å². The Morgan fingerprint density at radius 2 is 1.76 bits per heavy atom. The van der Waals surface area contributed by atoms with Crippen LogP contribution in [-0.2, 0) is 4.79 Å². The van der Waals surface area contributed by atoms with Crippen molar-refractivity contribution in [1.82, 2.24) is 9.88 Å². The van der Waals surface area contributed by atoms with E-state index in [0.29, 0.717) is 23.3 Å². The minimum atomic E-state index is -0.0890. The van der Waals surface area contributed by atoms with Gasteiger partial charge in [-0.15, -0.1) is 12.4 Å². The molecule has 156 valence electrons. The summed E-state index contributed by atoms with van der Waals surface area (Å²) in [5.41, 5.74) is 2.16. The van der Waals surface area contributed by atoms with Crippen molar-refractivity contribution in [3.63, 3.8) is 0 Å². The number of para-hydroxylation sites is 1. The molecule has 0 fully saturated rings. The zero-order valence-corrected chi connectivity index (χ0v) is 18.9. The quantitative estimate of drug-likeness (QED) is 0.511. The SMILES string of the molecule is CC(C)c1ccc(OCC(=O)N(CCN(C)C)c2nc3ccccc3s2)cc1.Cl. The number of benzene rings is 2. The molecule has 0 saturated heterocycles. The summed E-state index contributed by atoms with van der Waals surface area (Å²) in [4.78, 5) is 21.4. The van der Waals surface area contributed by atoms with Crippen molar-refractivity contribution in [3.05, 3.63) is 54.1 Å². The summed E-state index contributed by atoms with van der Waals surface area (Å²) in [5.74, 6) is 1.08. The summed E-state index contributed by atoms with van der Waals surface area (Å²) in [7, 11) is 3.99. The maximum Gasteiger partial charge on any atom is 0.266 e. The largest absolute Gasteiger partial charge is 0.484 e. The lowest BCUT2D eigenvalue weighted by Gasteiger charge is -2.22. The van der Waals surface area contributed by atoms with E-state index in [9.17, 15) is 4.79 Å². The minimum absolute atomic E-state index is 0. The maximum absolute atomic E-state index is 12.9. The van der Waals surface area contributed by atoms with Crippen LogP contribution in [0, 0.1) is 0 Å². The second-order valence-corrected chi connectivity index (χ2v) is 8.33. The molecule has 0 aliphatic carbocycles. The molecule has 0 radical (unpaired) electrons. The Labute approximate surface area is 182 Å². The van der Waals surface area contributed by atoms with Crippen molar-refractivity contribution in [3.8, 4) is 5.75 Å². The van der Waals surface area contributed by atoms with Crippen LogP contribution in [0.3, 0.4) is 0 Å². The van der Waals surface area contributed by atoms with Crippen molar-refractivity contribution in [2.24, 2.45) is 0 Å². The number of thiazole rings is 1. The number of fused-ring (bicyclic) bond motifs is 1. The monoisotopic (exact) mass is 433 g/mol. The summed E-state index contributed by atoms with van der Waals surface area (Å²) >= 11 is 1.53. The lowest BCUT2D eigenvalue weighted by atomic mass is 10.0. The lowest BCUT2D eigenvalue weighted by Crippen LogP contribution is -2.39. The van der Waals surface area contributed by atoms with Gasteiger partial charge in [0.25, 0.3) is 5.91 Å². The molecule has 3 aromatic rings. The summed E-state index contributed by atoms with van der Waals surface area (Å²) < 4.78 is 6.83. The van der Waals surface area contributed by atoms with Gasteiger partial charge in [0, 0.05) is 13.1 Å². The van der Waals surface area contributed by atoms with Gasteiger partial charge in [0.05, 0.1) is 10.2 Å². The van der Waals surface area contributed by atoms with Gasteiger partial charge in [-0.2, -0.15) is 0 Å². The minimum Gasteiger partial charge on any atom is -0.484 e. The number of carbonyl (C=O) groups is 1. The normalized spacial score (nSPS) is 11.0. The molecule has 0 unspecified atom stereocenters. The van der Waals surface area contributed by atoms with Gasteiger partial charge in [0.2, 0.25) is 0 Å². The second kappa shape index (κ2) is 10.6. The molecule has 3 rings (SSSR count). The van der Waals surface area contributed by atoms with Crippen molar-refractivity contribution in [2.45, 2.75) is 19.8 Å². The van der Waals surface area contributed by atoms with Gasteiger partial charge >= 0.3 is 0 Å². The van der Waals surface area contributed by atoms with Crippen LogP contribution in [0.15, 0.2) is 48.5 Å². The number of likely N-dealkylation sites (N-methyl/N-ethyl adjacent to an activating group) is 1. The van der Waals surface area contributed by atoms with Crippen LogP contribution in [0.25, 0.3) is 10.2 Å². The standard InChI is InChI=1S/C22H27N3O2S.ClH/c1-16(2)17-9-11-18(12-10-17)27-15-21(26)25(14-13-24(3)4)22-23-19-7-5-6-8-20(19)28-22;/h5-12,16H,13-15H2,1-4H3;1H. The Morgan fingerprint density at radius 1 is 1.07 bits per heavy atom. The van der Waals surface area contributed by atoms with Crippen molar-refractivity contribution in [1.29, 1.82) is 0 Å². The van der Waals surface area contributed by atoms with Crippen LogP contribution in [0.5, 0.6) is 5.75 Å². The average molecular weight is 434 g/mol. The Bertz CT molecular complexity index is 892. The molecule has 0 N–H and O–H groups in total. The predicted octanol–water partition coefficient (Wildman–Crippen LogP) is 4.82. The van der Waals surface area contributed by atoms with Crippen molar-refractivity contribution in [2.75, 3.05) is 38.7 Å². The van der Waals surface area contributed by atoms with Gasteiger partial charge in [0.1, 0.15) is 5.75 Å². The Balaban J connectivity index is 0.00000300. The molecule has 0 aliphatic rings. The fourth-order valence-electron chi connectivity index (χ4n) is 2.77. The van der Waals surface area contributed by atoms with E-state index in [4.69, 9.17) is 4.74 Å². The molecule has 1 heterocycles. The third-order valence-electron chi connectivity index (χ3n) is 4.49. The van der Waals surface area contributed by atoms with Gasteiger partial charge in [-0.25, -0.2) is 4.98 Å². The van der Waals surface area contributed by atoms with E-state index in [1.165, 1.54) is 16.9 Å². The number of hydrogen-bond acceptors (Lipinski definition) is 5. The molecule has 1 amide bonds. The summed E-state index contributed by atoms with van der Waals surface area (Å²) in [6, 6.07) is 15.9. The van der Waals surface area contributed by atoms with Crippen LogP contribution in [0.2, 0.25) is 0 Å². The number of carbonyl (C=O) groups excluding carboxylic acids is 1. The first-order valence-electron chi connectivity index (χ1n) is 9.47. The molecular formula is C22H28ClN3O2S. The third-order valence-corrected chi connectivity index (χ3v) is 5.55. The number of amides is 1. The third kappa shape index (κ3) is 6.16. The highest BCUT2D eigenvalue weighted by Gasteiger charge is 2.20. The van der Waals surface area contributed by atoms with E-state index in [0.717, 1.165) is 16.8 Å². The highest BCUT2D eigenvalue weighted by Crippen LogP contribution is 2.28. The van der Waals surface area contributed by atoms with Crippen molar-refractivity contribution >= 4 is 45.0 Å². The first-order chi connectivity index (χ1) is 13.4. The number of aromatic nitrogens is 1. The zero-order valence-electron chi connectivity index (χ0n) is 17.3. The van der Waals surface area contributed by atoms with Crippen LogP contribution in [0.1, 0.15) is 25.3 Å². The fourth-order valence-corrected chi connectivity index (χ4v) is 3.78. The molecule has 1 aromatic heterocycles. The Kier molecular flexibility index (Phi) is 8.44. The number of halogens is 1. The topological polar surface area (TPSA) is 45.7 Å². The van der Waals surface area contributed by atoms with Crippen LogP contribution in [0.4, 0.5) is 5.13 Å². The van der Waals surface area contributed by atoms with E-state index in [1.807, 2.05) is 62.6 Å². The van der Waals surface area contributed by atoms with Gasteiger partial charge in [-0.05, 0) is 49.8 Å². The first-order valence-corrected chi connectivity index (χ1v) is 10.3. The van der Waals surface area contributed by atoms with Gasteiger partial charge in [-0.1, -0.05) is 49.4 Å². The molecule has 2 aromatic carbocycles. The molecule has 0 saturated carbocycles. The number of rotatable bonds is 8. The Morgan fingerprint density at radius 3 is 2.38 bits per heavy atom. The summed E-state index contributed by atoms with van der Waals surface area (Å²) in [6.07, 6.45) is 0. The maximum atomic E-state index is 12.9. The van der Waals surface area contributed by atoms with E-state index in [-0.39, 0.29) is 24.9 Å². The molecule has 0 bridgehead atoms. The number of nitrogens with zero attached hydrogens (tertiary/aromatic N) is 3. The molecule has 0 atom stereocenters. The lowest BCUT2D eigenvalue weighted by molar-refractivity contribution is -0.120. The predicted molar refractivity (Wildman–Crippen MR) is 124 cm³/mol. The van der Waals surface area contributed by atoms with Gasteiger partial charge < -0.3 is 9.64 Å². The van der Waals surface area contributed by atoms with E-state index in [1.54, 1.807) is 4.90 Å². The highest BCUT2D eigenvalue weighted by atomic mass is 35.5. The fraction of sp³-hybridized carbons (Fsp3) is 0.364.